The van der Waals surface area contributed by atoms with E-state index in [9.17, 15) is 53.1 Å². The monoisotopic (exact) mass is 1310 g/mol. The molecule has 7 rings (SSSR count). The normalized spacial score (nSPS) is 25.7. The molecule has 2 aromatic rings. The molecule has 29 heteroatoms. The maximum absolute atomic E-state index is 14.4. The van der Waals surface area contributed by atoms with Crippen molar-refractivity contribution in [3.63, 3.8) is 0 Å². The van der Waals surface area contributed by atoms with Crippen LogP contribution in [0.4, 0.5) is 30.6 Å². The highest BCUT2D eigenvalue weighted by Gasteiger charge is 2.64. The summed E-state index contributed by atoms with van der Waals surface area (Å²) in [5, 5.41) is 20.6. The maximum atomic E-state index is 14.4. The highest BCUT2D eigenvalue weighted by molar-refractivity contribution is 6.35. The van der Waals surface area contributed by atoms with Gasteiger partial charge in [-0.05, 0) is 81.8 Å². The number of carbonyl (C=O) groups is 10. The molecule has 1 unspecified atom stereocenters. The van der Waals surface area contributed by atoms with Crippen LogP contribution in [0.25, 0.3) is 0 Å². The number of esters is 1. The number of amides is 8. The number of anilines is 2. The summed E-state index contributed by atoms with van der Waals surface area (Å²) in [4.78, 5) is 141. The van der Waals surface area contributed by atoms with Crippen molar-refractivity contribution in [1.82, 2.24) is 30.4 Å². The first-order chi connectivity index (χ1) is 43.6. The zero-order valence-electron chi connectivity index (χ0n) is 53.4. The molecule has 8 amide bonds. The number of imide groups is 1. The van der Waals surface area contributed by atoms with E-state index in [0.717, 1.165) is 41.7 Å². The van der Waals surface area contributed by atoms with Gasteiger partial charge in [0.1, 0.15) is 60.5 Å². The van der Waals surface area contributed by atoms with Gasteiger partial charge in [0.15, 0.2) is 11.5 Å². The second-order valence-corrected chi connectivity index (χ2v) is 24.0. The van der Waals surface area contributed by atoms with Crippen LogP contribution in [0, 0.1) is 5.92 Å². The Labute approximate surface area is 538 Å². The van der Waals surface area contributed by atoms with Crippen molar-refractivity contribution >= 4 is 82.9 Å². The van der Waals surface area contributed by atoms with Gasteiger partial charge in [-0.1, -0.05) is 73.4 Å². The molecule has 3 saturated heterocycles. The number of nitrogens with one attached hydrogen (secondary N) is 3. The van der Waals surface area contributed by atoms with Crippen molar-refractivity contribution in [3.8, 4) is 11.5 Å². The first-order valence-corrected chi connectivity index (χ1v) is 30.7. The molecule has 0 radical (unpaired) electrons. The van der Waals surface area contributed by atoms with Crippen molar-refractivity contribution in [2.45, 2.75) is 153 Å². The van der Waals surface area contributed by atoms with Crippen LogP contribution in [-0.4, -0.2) is 201 Å². The maximum Gasteiger partial charge on any atom is 0.413 e. The number of hydroxylamine groups is 2. The first kappa shape index (κ1) is 71.0. The molecule has 28 nitrogen and oxygen atoms in total. The molecule has 502 valence electrons. The summed E-state index contributed by atoms with van der Waals surface area (Å²) in [6.07, 6.45) is 5.62. The summed E-state index contributed by atoms with van der Waals surface area (Å²) in [6.45, 7) is 5.40. The summed E-state index contributed by atoms with van der Waals surface area (Å²) in [5.41, 5.74) is -0.836. The molecule has 0 spiro atoms. The Morgan fingerprint density at radius 1 is 0.924 bits per heavy atom. The van der Waals surface area contributed by atoms with Crippen molar-refractivity contribution < 1.29 is 95.8 Å². The number of aliphatic hydroxyl groups is 1. The number of hydrogen-bond donors (Lipinski definition) is 4. The lowest BCUT2D eigenvalue weighted by Gasteiger charge is -2.42. The van der Waals surface area contributed by atoms with Gasteiger partial charge in [0.25, 0.3) is 11.8 Å². The van der Waals surface area contributed by atoms with Gasteiger partial charge in [-0.25, -0.2) is 28.8 Å². The van der Waals surface area contributed by atoms with Gasteiger partial charge in [-0.3, -0.25) is 24.5 Å². The van der Waals surface area contributed by atoms with E-state index < -0.39 is 127 Å². The minimum absolute atomic E-state index is 0.00792. The number of nitrogens with zero attached hydrogens (tertiary/aromatic N) is 5. The van der Waals surface area contributed by atoms with Crippen LogP contribution >= 0.6 is 11.6 Å². The molecule has 4 heterocycles. The van der Waals surface area contributed by atoms with Crippen LogP contribution in [0.1, 0.15) is 103 Å². The van der Waals surface area contributed by atoms with Gasteiger partial charge >= 0.3 is 36.3 Å². The van der Waals surface area contributed by atoms with E-state index in [1.54, 1.807) is 38.1 Å². The standard InChI is InChI=1S/C63H83ClN8O20/c1-37-17-16-20-48(85-10)63(83)34-47(89-59(80)67-63)38(2)56-62(4,91-56)49(33-53(76)71(8)44-31-41(29-37)32-46(84-9)55(44)64)90-57(78)39(3)70(7)50(73)25-28-86-60(81)68(5)26-27-69(6)61(82)87-36-40-21-22-45(88-58(79)66-42-18-14-12-11-13-15-19-42)43(30-40)65-35-54(77)92-72-51(74)23-24-52(72)75/h14,16-18,20-22,30-32,38-39,42,47-49,56,65,83H,11-13,15,19,23-29,33-36H2,1-10H3,(H,66,79)(H,67,80)/b18-14+,20-16+,37-17+/t38-,39+,42?,47+,48-,49+,56+,62+,63+/m1/s1. The number of benzene rings is 2. The van der Waals surface area contributed by atoms with Gasteiger partial charge in [-0.2, -0.15) is 0 Å². The Morgan fingerprint density at radius 3 is 2.33 bits per heavy atom. The fourth-order valence-electron chi connectivity index (χ4n) is 10.9. The number of methoxy groups -OCH3 is 2. The number of ether oxygens (including phenoxy) is 8. The van der Waals surface area contributed by atoms with E-state index >= 15 is 0 Å². The number of epoxide rings is 1. The third kappa shape index (κ3) is 18.4. The Balaban J connectivity index is 0.925. The van der Waals surface area contributed by atoms with Crippen LogP contribution < -0.4 is 30.3 Å². The topological polar surface area (TPSA) is 330 Å². The van der Waals surface area contributed by atoms with Gasteiger partial charge in [-0.15, -0.1) is 5.06 Å². The number of fused-ring (bicyclic) bond motifs is 5. The predicted octanol–water partition coefficient (Wildman–Crippen LogP) is 6.24. The van der Waals surface area contributed by atoms with E-state index in [2.05, 4.69) is 16.0 Å². The molecule has 1 aliphatic carbocycles. The van der Waals surface area contributed by atoms with E-state index in [4.69, 9.17) is 54.3 Å². The SMILES string of the molecule is COc1cc2cc(c1Cl)N(C)C(=O)C[C@H](OC(=O)[C@H](C)N(C)C(=O)CCOC(=O)N(C)CCN(C)C(=O)OCc1ccc(OC(=O)NC3/C=C/CCCCC3)c(NCC(=O)ON3C(=O)CCC3=O)c1)[C@]1(C)O[C@H]1[C@H](C)[C@@H]1C[C@@](O)(NC(=O)O1)[C@H](OC)/C=C/C=C(\C)C2. The lowest BCUT2D eigenvalue weighted by Crippen LogP contribution is -2.63. The van der Waals surface area contributed by atoms with Crippen LogP contribution in [-0.2, 0) is 75.1 Å². The van der Waals surface area contributed by atoms with E-state index in [1.165, 1.54) is 82.2 Å². The number of rotatable bonds is 19. The summed E-state index contributed by atoms with van der Waals surface area (Å²) >= 11 is 6.83. The van der Waals surface area contributed by atoms with Crippen molar-refractivity contribution in [3.05, 3.63) is 82.4 Å². The molecule has 2 aromatic carbocycles. The number of allylic oxidation sites excluding steroid dienone is 4. The zero-order chi connectivity index (χ0) is 67.2. The highest BCUT2D eigenvalue weighted by atomic mass is 35.5. The van der Waals surface area contributed by atoms with Gasteiger partial charge in [0.05, 0.1) is 43.5 Å². The van der Waals surface area contributed by atoms with Gasteiger partial charge in [0.2, 0.25) is 11.8 Å². The molecule has 0 aromatic heterocycles. The Hall–Kier alpha value is -8.47. The first-order valence-electron chi connectivity index (χ1n) is 30.3. The highest BCUT2D eigenvalue weighted by Crippen LogP contribution is 2.49. The van der Waals surface area contributed by atoms with Crippen LogP contribution in [0.15, 0.2) is 66.3 Å². The van der Waals surface area contributed by atoms with Gasteiger partial charge in [0, 0.05) is 73.6 Å². The molecular weight excluding hydrogens is 1220 g/mol. The number of halogens is 1. The molecule has 4 aliphatic heterocycles. The summed E-state index contributed by atoms with van der Waals surface area (Å²) in [5.74, 6) is -4.67. The molecule has 4 bridgehead atoms. The summed E-state index contributed by atoms with van der Waals surface area (Å²) in [6, 6.07) is 6.42. The Morgan fingerprint density at radius 2 is 1.63 bits per heavy atom. The molecular formula is C63H83ClN8O20. The quantitative estimate of drug-likeness (QED) is 0.0398. The smallest absolute Gasteiger partial charge is 0.413 e. The largest absolute Gasteiger partial charge is 0.495 e. The number of likely N-dealkylation sites (N-methyl/N-ethyl adjacent to an activating group) is 3. The van der Waals surface area contributed by atoms with E-state index in [1.807, 2.05) is 25.2 Å². The Kier molecular flexibility index (Phi) is 24.5. The summed E-state index contributed by atoms with van der Waals surface area (Å²) in [7, 11) is 8.58. The number of hydrogen-bond acceptors (Lipinski definition) is 21. The second kappa shape index (κ2) is 31.7. The van der Waals surface area contributed by atoms with Crippen molar-refractivity contribution in [1.29, 1.82) is 0 Å². The summed E-state index contributed by atoms with van der Waals surface area (Å²) < 4.78 is 45.9. The average molecular weight is 1310 g/mol. The zero-order valence-corrected chi connectivity index (χ0v) is 54.2. The Bertz CT molecular complexity index is 3180. The fraction of sp³-hybridized carbons (Fsp3) is 0.556. The third-order valence-corrected chi connectivity index (χ3v) is 17.1. The third-order valence-electron chi connectivity index (χ3n) is 16.7. The van der Waals surface area contributed by atoms with Crippen LogP contribution in [0.2, 0.25) is 5.02 Å². The van der Waals surface area contributed by atoms with Crippen LogP contribution in [0.5, 0.6) is 11.5 Å². The molecule has 0 saturated carbocycles. The molecule has 9 atom stereocenters. The minimum Gasteiger partial charge on any atom is -0.495 e. The minimum atomic E-state index is -1.92. The van der Waals surface area contributed by atoms with Gasteiger partial charge < -0.3 is 78.1 Å². The van der Waals surface area contributed by atoms with E-state index in [-0.39, 0.29) is 67.9 Å². The van der Waals surface area contributed by atoms with Crippen molar-refractivity contribution in [2.24, 2.45) is 5.92 Å². The van der Waals surface area contributed by atoms with Crippen molar-refractivity contribution in [2.75, 3.05) is 78.9 Å². The predicted molar refractivity (Wildman–Crippen MR) is 330 cm³/mol. The van der Waals surface area contributed by atoms with Crippen LogP contribution in [0.3, 0.4) is 0 Å². The average Bonchev–Trinajstić information content (AvgIpc) is 1.57. The second-order valence-electron chi connectivity index (χ2n) is 23.6. The molecule has 4 N–H and O–H groups in total. The van der Waals surface area contributed by atoms with E-state index in [0.29, 0.717) is 34.9 Å². The molecule has 5 aliphatic rings. The fourth-order valence-corrected chi connectivity index (χ4v) is 11.2. The molecule has 92 heavy (non-hydrogen) atoms. The number of alkyl carbamates (subject to hydrolysis) is 1. The lowest BCUT2D eigenvalue weighted by atomic mass is 9.83. The molecule has 3 fully saturated rings. The number of carbonyl (C=O) groups excluding carboxylic acids is 10. The lowest BCUT2D eigenvalue weighted by molar-refractivity contribution is -0.196.